The number of hydrogen-bond donors (Lipinski definition) is 0. The zero-order chi connectivity index (χ0) is 15.6. The van der Waals surface area contributed by atoms with E-state index in [-0.39, 0.29) is 0 Å². The van der Waals surface area contributed by atoms with Gasteiger partial charge in [0.15, 0.2) is 5.78 Å². The van der Waals surface area contributed by atoms with E-state index in [1.807, 2.05) is 0 Å². The largest absolute Gasteiger partial charge is 0.292 e. The van der Waals surface area contributed by atoms with Gasteiger partial charge in [-0.1, -0.05) is 24.3 Å². The molecule has 0 amide bonds. The van der Waals surface area contributed by atoms with E-state index >= 15 is 0 Å². The molecule has 0 heterocycles. The first-order chi connectivity index (χ1) is 9.95. The molecule has 0 aliphatic carbocycles. The zero-order valence-electron chi connectivity index (χ0n) is 11.0. The number of carbonyl (C=O) groups excluding carboxylic acids is 1. The summed E-state index contributed by atoms with van der Waals surface area (Å²) in [5, 5.41) is 9.18. The fourth-order valence-corrected chi connectivity index (χ4v) is 2.10. The molecule has 0 radical (unpaired) electrons. The first-order valence-corrected chi connectivity index (χ1v) is 6.09. The number of Topliss-reactive ketones (excluding diaryl/α,β-unsaturated/α-hetero) is 1. The predicted molar refractivity (Wildman–Crippen MR) is 70.2 cm³/mol. The van der Waals surface area contributed by atoms with Crippen molar-refractivity contribution < 1.29 is 18.0 Å². The van der Waals surface area contributed by atoms with Crippen LogP contribution in [0.4, 0.5) is 13.2 Å². The summed E-state index contributed by atoms with van der Waals surface area (Å²) < 4.78 is 40.2. The van der Waals surface area contributed by atoms with E-state index < -0.39 is 34.7 Å². The topological polar surface area (TPSA) is 40.9 Å². The summed E-state index contributed by atoms with van der Waals surface area (Å²) in [6.07, 6.45) is 0. The fourth-order valence-electron chi connectivity index (χ4n) is 2.10. The number of nitriles is 1. The minimum Gasteiger partial charge on any atom is -0.292 e. The van der Waals surface area contributed by atoms with Gasteiger partial charge >= 0.3 is 0 Å². The van der Waals surface area contributed by atoms with Crippen LogP contribution in [0.2, 0.25) is 0 Å². The van der Waals surface area contributed by atoms with Crippen LogP contribution in [-0.2, 0) is 0 Å². The molecule has 0 saturated carbocycles. The molecule has 2 aromatic carbocycles. The summed E-state index contributed by atoms with van der Waals surface area (Å²) in [5.41, 5.74) is 0.125. The van der Waals surface area contributed by atoms with Crippen LogP contribution in [0.1, 0.15) is 27.4 Å². The van der Waals surface area contributed by atoms with Crippen molar-refractivity contribution in [3.63, 3.8) is 0 Å². The quantitative estimate of drug-likeness (QED) is 0.804. The van der Waals surface area contributed by atoms with Crippen LogP contribution >= 0.6 is 0 Å². The van der Waals surface area contributed by atoms with Crippen molar-refractivity contribution in [1.82, 2.24) is 0 Å². The molecular weight excluding hydrogens is 279 g/mol. The molecule has 21 heavy (non-hydrogen) atoms. The zero-order valence-corrected chi connectivity index (χ0v) is 11.0. The Kier molecular flexibility index (Phi) is 4.08. The Hall–Kier alpha value is -2.61. The van der Waals surface area contributed by atoms with E-state index in [1.165, 1.54) is 0 Å². The van der Waals surface area contributed by atoms with Crippen LogP contribution in [0.15, 0.2) is 36.4 Å². The molecule has 2 nitrogen and oxygen atoms in total. The fraction of sp³-hybridized carbons (Fsp3) is 0.125. The van der Waals surface area contributed by atoms with E-state index in [0.29, 0.717) is 23.3 Å². The van der Waals surface area contributed by atoms with E-state index in [1.54, 1.807) is 37.3 Å². The van der Waals surface area contributed by atoms with Crippen LogP contribution in [-0.4, -0.2) is 5.78 Å². The van der Waals surface area contributed by atoms with Crippen molar-refractivity contribution in [1.29, 1.82) is 5.26 Å². The number of ketones is 1. The molecule has 0 aliphatic heterocycles. The van der Waals surface area contributed by atoms with Gasteiger partial charge in [-0.05, 0) is 18.1 Å². The Balaban J connectivity index is 2.53. The van der Waals surface area contributed by atoms with Crippen molar-refractivity contribution in [2.75, 3.05) is 0 Å². The Morgan fingerprint density at radius 1 is 1.14 bits per heavy atom. The lowest BCUT2D eigenvalue weighted by molar-refractivity contribution is 0.0970. The summed E-state index contributed by atoms with van der Waals surface area (Å²) in [6.45, 7) is 1.68. The first kappa shape index (κ1) is 14.8. The number of aryl methyl sites for hydroxylation is 1. The third-order valence-electron chi connectivity index (χ3n) is 3.14. The molecule has 0 N–H and O–H groups in total. The third kappa shape index (κ3) is 2.79. The Labute approximate surface area is 119 Å². The van der Waals surface area contributed by atoms with Crippen LogP contribution in [0.25, 0.3) is 0 Å². The van der Waals surface area contributed by atoms with Gasteiger partial charge in [0.1, 0.15) is 23.4 Å². The highest BCUT2D eigenvalue weighted by Gasteiger charge is 2.28. The van der Waals surface area contributed by atoms with Crippen LogP contribution in [0.5, 0.6) is 0 Å². The van der Waals surface area contributed by atoms with Crippen molar-refractivity contribution >= 4 is 5.78 Å². The number of rotatable bonds is 3. The highest BCUT2D eigenvalue weighted by atomic mass is 19.1. The number of hydrogen-bond acceptors (Lipinski definition) is 2. The molecule has 0 aromatic heterocycles. The van der Waals surface area contributed by atoms with Crippen LogP contribution in [0.3, 0.4) is 0 Å². The molecule has 0 aliphatic rings. The molecule has 0 fully saturated rings. The summed E-state index contributed by atoms with van der Waals surface area (Å²) in [4.78, 5) is 12.3. The van der Waals surface area contributed by atoms with Gasteiger partial charge in [-0.25, -0.2) is 13.2 Å². The van der Waals surface area contributed by atoms with Gasteiger partial charge in [-0.2, -0.15) is 5.26 Å². The molecule has 2 rings (SSSR count). The molecule has 2 aromatic rings. The van der Waals surface area contributed by atoms with Crippen molar-refractivity contribution in [2.24, 2.45) is 0 Å². The maximum absolute atomic E-state index is 13.7. The average Bonchev–Trinajstić information content (AvgIpc) is 2.40. The average molecular weight is 289 g/mol. The van der Waals surface area contributed by atoms with Gasteiger partial charge in [0.25, 0.3) is 0 Å². The summed E-state index contributed by atoms with van der Waals surface area (Å²) in [6, 6.07) is 9.16. The molecule has 106 valence electrons. The minimum absolute atomic E-state index is 0.369. The van der Waals surface area contributed by atoms with Gasteiger partial charge in [-0.3, -0.25) is 4.79 Å². The molecule has 5 heteroatoms. The molecule has 0 bridgehead atoms. The second-order valence-electron chi connectivity index (χ2n) is 4.53. The maximum atomic E-state index is 13.7. The van der Waals surface area contributed by atoms with Gasteiger partial charge in [0.05, 0.1) is 11.6 Å². The monoisotopic (exact) mass is 289 g/mol. The lowest BCUT2D eigenvalue weighted by atomic mass is 9.89. The van der Waals surface area contributed by atoms with Crippen LogP contribution < -0.4 is 0 Å². The lowest BCUT2D eigenvalue weighted by Crippen LogP contribution is -2.16. The van der Waals surface area contributed by atoms with Gasteiger partial charge in [-0.15, -0.1) is 0 Å². The molecule has 0 spiro atoms. The van der Waals surface area contributed by atoms with E-state index in [4.69, 9.17) is 0 Å². The second kappa shape index (κ2) is 5.80. The van der Waals surface area contributed by atoms with Crippen molar-refractivity contribution in [2.45, 2.75) is 12.8 Å². The van der Waals surface area contributed by atoms with Crippen molar-refractivity contribution in [3.05, 3.63) is 70.5 Å². The normalized spacial score (nSPS) is 11.8. The van der Waals surface area contributed by atoms with Crippen LogP contribution in [0, 0.1) is 35.7 Å². The second-order valence-corrected chi connectivity index (χ2v) is 4.53. The summed E-state index contributed by atoms with van der Waals surface area (Å²) in [5.74, 6) is -6.12. The first-order valence-electron chi connectivity index (χ1n) is 6.09. The third-order valence-corrected chi connectivity index (χ3v) is 3.14. The minimum atomic E-state index is -1.35. The number of benzene rings is 2. The van der Waals surface area contributed by atoms with E-state index in [0.717, 1.165) is 0 Å². The molecule has 1 atom stereocenters. The standard InChI is InChI=1S/C16H10F3NO/c1-9-4-2-3-5-11(9)12(8-20)16(21)15-13(18)6-10(17)7-14(15)19/h2-7,12H,1H3. The number of halogens is 3. The molecular formula is C16H10F3NO. The molecule has 1 unspecified atom stereocenters. The Morgan fingerprint density at radius 3 is 2.24 bits per heavy atom. The maximum Gasteiger partial charge on any atom is 0.190 e. The van der Waals surface area contributed by atoms with Gasteiger partial charge in [0, 0.05) is 12.1 Å². The van der Waals surface area contributed by atoms with Crippen molar-refractivity contribution in [3.8, 4) is 6.07 Å². The van der Waals surface area contributed by atoms with Gasteiger partial charge < -0.3 is 0 Å². The SMILES string of the molecule is Cc1ccccc1C(C#N)C(=O)c1c(F)cc(F)cc1F. The van der Waals surface area contributed by atoms with E-state index in [2.05, 4.69) is 0 Å². The summed E-state index contributed by atoms with van der Waals surface area (Å²) in [7, 11) is 0. The summed E-state index contributed by atoms with van der Waals surface area (Å²) >= 11 is 0. The predicted octanol–water partition coefficient (Wildman–Crippen LogP) is 3.90. The van der Waals surface area contributed by atoms with E-state index in [9.17, 15) is 23.2 Å². The Morgan fingerprint density at radius 2 is 1.71 bits per heavy atom. The number of carbonyl (C=O) groups is 1. The highest BCUT2D eigenvalue weighted by molar-refractivity contribution is 6.03. The molecule has 0 saturated heterocycles. The highest BCUT2D eigenvalue weighted by Crippen LogP contribution is 2.26. The van der Waals surface area contributed by atoms with Gasteiger partial charge in [0.2, 0.25) is 0 Å². The smallest absolute Gasteiger partial charge is 0.190 e. The Bertz CT molecular complexity index is 726. The number of nitrogens with zero attached hydrogens (tertiary/aromatic N) is 1. The lowest BCUT2D eigenvalue weighted by Gasteiger charge is -2.12.